The highest BCUT2D eigenvalue weighted by atomic mass is 32.2. The Kier molecular flexibility index (Phi) is 6.11. The van der Waals surface area contributed by atoms with Crippen LogP contribution in [0.25, 0.3) is 11.1 Å². The third-order valence-electron chi connectivity index (χ3n) is 4.47. The van der Waals surface area contributed by atoms with E-state index in [0.29, 0.717) is 11.5 Å². The van der Waals surface area contributed by atoms with E-state index in [2.05, 4.69) is 15.0 Å². The van der Waals surface area contributed by atoms with E-state index < -0.39 is 10.0 Å². The van der Waals surface area contributed by atoms with Gasteiger partial charge in [-0.1, -0.05) is 48.5 Å². The summed E-state index contributed by atoms with van der Waals surface area (Å²) in [7, 11) is -3.59. The van der Waals surface area contributed by atoms with Crippen LogP contribution in [0.15, 0.2) is 94.6 Å². The first-order valence-corrected chi connectivity index (χ1v) is 11.8. The average molecular weight is 450 g/mol. The maximum absolute atomic E-state index is 12.3. The van der Waals surface area contributed by atoms with E-state index in [1.54, 1.807) is 54.0 Å². The molecule has 0 spiro atoms. The minimum absolute atomic E-state index is 0.153. The molecule has 0 unspecified atom stereocenters. The predicted molar refractivity (Wildman–Crippen MR) is 124 cm³/mol. The fourth-order valence-corrected chi connectivity index (χ4v) is 5.01. The first-order valence-electron chi connectivity index (χ1n) is 9.46. The first-order chi connectivity index (χ1) is 15.0. The normalized spacial score (nSPS) is 11.1. The Morgan fingerprint density at radius 1 is 0.871 bits per heavy atom. The summed E-state index contributed by atoms with van der Waals surface area (Å²) in [5.74, 6) is 0.275. The smallest absolute Gasteiger partial charge is 0.271 e. The second kappa shape index (κ2) is 9.11. The van der Waals surface area contributed by atoms with Gasteiger partial charge in [0.1, 0.15) is 10.0 Å². The zero-order chi connectivity index (χ0) is 21.7. The molecule has 8 heteroatoms. The van der Waals surface area contributed by atoms with Crippen molar-refractivity contribution in [3.05, 3.63) is 96.0 Å². The largest absolute Gasteiger partial charge is 0.310 e. The van der Waals surface area contributed by atoms with E-state index in [-0.39, 0.29) is 16.5 Å². The summed E-state index contributed by atoms with van der Waals surface area (Å²) in [4.78, 5) is 16.7. The molecular weight excluding hydrogens is 430 g/mol. The Hall–Kier alpha value is -3.49. The molecular formula is C23H19N3O3S2. The molecule has 4 rings (SSSR count). The number of amides is 1. The van der Waals surface area contributed by atoms with Gasteiger partial charge in [-0.2, -0.15) is 0 Å². The second-order valence-electron chi connectivity index (χ2n) is 6.76. The second-order valence-corrected chi connectivity index (χ2v) is 9.61. The van der Waals surface area contributed by atoms with Gasteiger partial charge in [-0.25, -0.2) is 13.4 Å². The van der Waals surface area contributed by atoms with E-state index in [0.717, 1.165) is 28.0 Å². The first kappa shape index (κ1) is 20.8. The van der Waals surface area contributed by atoms with Gasteiger partial charge in [-0.3, -0.25) is 9.52 Å². The van der Waals surface area contributed by atoms with E-state index in [4.69, 9.17) is 0 Å². The average Bonchev–Trinajstić information content (AvgIpc) is 3.32. The van der Waals surface area contributed by atoms with Gasteiger partial charge < -0.3 is 5.32 Å². The van der Waals surface area contributed by atoms with Crippen LogP contribution in [-0.4, -0.2) is 19.3 Å². The number of aromatic nitrogens is 1. The Bertz CT molecular complexity index is 1250. The molecule has 6 nitrogen and oxygen atoms in total. The van der Waals surface area contributed by atoms with Crippen molar-refractivity contribution in [2.75, 3.05) is 10.0 Å². The zero-order valence-corrected chi connectivity index (χ0v) is 18.0. The molecule has 0 fully saturated rings. The highest BCUT2D eigenvalue weighted by Gasteiger charge is 2.15. The number of hydrogen-bond acceptors (Lipinski definition) is 5. The lowest BCUT2D eigenvalue weighted by molar-refractivity contribution is -0.115. The summed E-state index contributed by atoms with van der Waals surface area (Å²) in [6, 6.07) is 23.5. The number of nitrogens with one attached hydrogen (secondary N) is 2. The molecule has 31 heavy (non-hydrogen) atoms. The van der Waals surface area contributed by atoms with Gasteiger partial charge in [0.2, 0.25) is 5.91 Å². The third-order valence-corrected chi connectivity index (χ3v) is 7.25. The molecule has 0 aliphatic rings. The number of nitrogens with zero attached hydrogens (tertiary/aromatic N) is 1. The maximum Gasteiger partial charge on any atom is 0.271 e. The van der Waals surface area contributed by atoms with Crippen LogP contribution in [0.3, 0.4) is 0 Å². The highest BCUT2D eigenvalue weighted by molar-refractivity contribution is 7.94. The number of anilines is 2. The molecule has 1 amide bonds. The van der Waals surface area contributed by atoms with Gasteiger partial charge in [-0.05, 0) is 46.8 Å². The van der Waals surface area contributed by atoms with Crippen molar-refractivity contribution in [1.82, 2.24) is 4.98 Å². The Labute approximate surface area is 184 Å². The quantitative estimate of drug-likeness (QED) is 0.425. The van der Waals surface area contributed by atoms with Crippen LogP contribution in [0.4, 0.5) is 11.5 Å². The minimum atomic E-state index is -3.59. The Morgan fingerprint density at radius 3 is 2.29 bits per heavy atom. The van der Waals surface area contributed by atoms with E-state index >= 15 is 0 Å². The summed E-state index contributed by atoms with van der Waals surface area (Å²) in [6.07, 6.45) is 1.87. The number of sulfonamides is 1. The maximum atomic E-state index is 12.3. The van der Waals surface area contributed by atoms with Crippen LogP contribution in [0.1, 0.15) is 5.56 Å². The number of benzene rings is 2. The monoisotopic (exact) mass is 449 g/mol. The number of hydrogen-bond donors (Lipinski definition) is 2. The Balaban J connectivity index is 1.34. The lowest BCUT2D eigenvalue weighted by atomic mass is 10.1. The molecule has 0 bridgehead atoms. The van der Waals surface area contributed by atoms with Gasteiger partial charge in [0.25, 0.3) is 10.0 Å². The summed E-state index contributed by atoms with van der Waals surface area (Å²) >= 11 is 1.15. The summed E-state index contributed by atoms with van der Waals surface area (Å²) in [5, 5.41) is 4.49. The lowest BCUT2D eigenvalue weighted by Gasteiger charge is -2.08. The van der Waals surface area contributed by atoms with Crippen LogP contribution in [0, 0.1) is 0 Å². The SMILES string of the molecule is O=C(Cc1ccc(NS(=O)(=O)c2cccs2)cc1)Nc1ccc(-c2ccccc2)cn1. The molecule has 0 radical (unpaired) electrons. The van der Waals surface area contributed by atoms with Gasteiger partial charge in [0.05, 0.1) is 6.42 Å². The fourth-order valence-electron chi connectivity index (χ4n) is 2.95. The molecule has 0 saturated carbocycles. The number of carbonyl (C=O) groups excluding carboxylic acids is 1. The molecule has 0 aliphatic heterocycles. The zero-order valence-electron chi connectivity index (χ0n) is 16.4. The van der Waals surface area contributed by atoms with Crippen LogP contribution in [0.2, 0.25) is 0 Å². The van der Waals surface area contributed by atoms with Gasteiger partial charge in [0, 0.05) is 17.4 Å². The van der Waals surface area contributed by atoms with E-state index in [1.165, 1.54) is 0 Å². The predicted octanol–water partition coefficient (Wildman–Crippen LogP) is 4.79. The van der Waals surface area contributed by atoms with E-state index in [1.807, 2.05) is 36.4 Å². The van der Waals surface area contributed by atoms with Crippen molar-refractivity contribution in [2.45, 2.75) is 10.6 Å². The van der Waals surface area contributed by atoms with Crippen molar-refractivity contribution in [2.24, 2.45) is 0 Å². The number of carbonyl (C=O) groups is 1. The van der Waals surface area contributed by atoms with Crippen LogP contribution in [0.5, 0.6) is 0 Å². The molecule has 2 heterocycles. The lowest BCUT2D eigenvalue weighted by Crippen LogP contribution is -2.15. The Morgan fingerprint density at radius 2 is 1.65 bits per heavy atom. The van der Waals surface area contributed by atoms with Gasteiger partial charge in [-0.15, -0.1) is 11.3 Å². The molecule has 156 valence electrons. The van der Waals surface area contributed by atoms with Crippen molar-refractivity contribution >= 4 is 38.8 Å². The molecule has 4 aromatic rings. The highest BCUT2D eigenvalue weighted by Crippen LogP contribution is 2.21. The number of thiophene rings is 1. The summed E-state index contributed by atoms with van der Waals surface area (Å²) in [6.45, 7) is 0. The van der Waals surface area contributed by atoms with Crippen LogP contribution >= 0.6 is 11.3 Å². The summed E-state index contributed by atoms with van der Waals surface area (Å²) in [5.41, 5.74) is 3.23. The minimum Gasteiger partial charge on any atom is -0.310 e. The molecule has 2 N–H and O–H groups in total. The standard InChI is InChI=1S/C23H19N3O3S2/c27-22(25-21-13-10-19(16-24-21)18-5-2-1-3-6-18)15-17-8-11-20(12-9-17)26-31(28,29)23-7-4-14-30-23/h1-14,16,26H,15H2,(H,24,25,27). The van der Waals surface area contributed by atoms with Gasteiger partial charge >= 0.3 is 0 Å². The van der Waals surface area contributed by atoms with Crippen LogP contribution in [-0.2, 0) is 21.2 Å². The molecule has 2 aromatic heterocycles. The van der Waals surface area contributed by atoms with Crippen molar-refractivity contribution in [1.29, 1.82) is 0 Å². The van der Waals surface area contributed by atoms with Crippen molar-refractivity contribution < 1.29 is 13.2 Å². The van der Waals surface area contributed by atoms with Crippen molar-refractivity contribution in [3.8, 4) is 11.1 Å². The summed E-state index contributed by atoms with van der Waals surface area (Å²) < 4.78 is 27.3. The molecule has 0 saturated heterocycles. The number of rotatable bonds is 7. The van der Waals surface area contributed by atoms with Crippen LogP contribution < -0.4 is 10.0 Å². The van der Waals surface area contributed by atoms with E-state index in [9.17, 15) is 13.2 Å². The molecule has 0 atom stereocenters. The number of pyridine rings is 1. The molecule has 0 aliphatic carbocycles. The topological polar surface area (TPSA) is 88.2 Å². The fraction of sp³-hybridized carbons (Fsp3) is 0.0435. The third kappa shape index (κ3) is 5.36. The molecule has 2 aromatic carbocycles. The van der Waals surface area contributed by atoms with Gasteiger partial charge in [0.15, 0.2) is 0 Å². The van der Waals surface area contributed by atoms with Crippen molar-refractivity contribution in [3.63, 3.8) is 0 Å².